The smallest absolute Gasteiger partial charge is 0.248 e. The van der Waals surface area contributed by atoms with Crippen molar-refractivity contribution in [3.63, 3.8) is 0 Å². The molecule has 0 spiro atoms. The van der Waals surface area contributed by atoms with Crippen LogP contribution in [0.1, 0.15) is 18.9 Å². The van der Waals surface area contributed by atoms with Crippen molar-refractivity contribution in [2.45, 2.75) is 26.0 Å². The zero-order chi connectivity index (χ0) is 15.2. The van der Waals surface area contributed by atoms with Gasteiger partial charge in [0, 0.05) is 25.0 Å². The Bertz CT molecular complexity index is 521. The molecule has 6 heteroatoms. The molecule has 0 aromatic heterocycles. The van der Waals surface area contributed by atoms with Gasteiger partial charge in [-0.05, 0) is 17.7 Å². The molecule has 2 amide bonds. The minimum Gasteiger partial charge on any atom is -0.380 e. The molecule has 21 heavy (non-hydrogen) atoms. The van der Waals surface area contributed by atoms with Crippen molar-refractivity contribution in [2.75, 3.05) is 24.1 Å². The van der Waals surface area contributed by atoms with Gasteiger partial charge in [0.25, 0.3) is 0 Å². The maximum atomic E-state index is 12.4. The van der Waals surface area contributed by atoms with E-state index in [1.807, 2.05) is 31.2 Å². The molecular formula is C15H20N2O3S. The number of anilines is 1. The van der Waals surface area contributed by atoms with Crippen molar-refractivity contribution in [3.05, 3.63) is 29.8 Å². The molecule has 1 heterocycles. The van der Waals surface area contributed by atoms with Crippen LogP contribution in [0.25, 0.3) is 0 Å². The summed E-state index contributed by atoms with van der Waals surface area (Å²) in [4.78, 5) is 25.9. The molecule has 1 fully saturated rings. The van der Waals surface area contributed by atoms with Gasteiger partial charge in [-0.25, -0.2) is 0 Å². The van der Waals surface area contributed by atoms with E-state index in [9.17, 15) is 9.59 Å². The van der Waals surface area contributed by atoms with Gasteiger partial charge in [0.15, 0.2) is 0 Å². The zero-order valence-electron chi connectivity index (χ0n) is 12.3. The van der Waals surface area contributed by atoms with E-state index < -0.39 is 0 Å². The largest absolute Gasteiger partial charge is 0.380 e. The second-order valence-electron chi connectivity index (χ2n) is 4.86. The van der Waals surface area contributed by atoms with Gasteiger partial charge in [0.05, 0.1) is 12.5 Å². The molecule has 2 rings (SSSR count). The summed E-state index contributed by atoms with van der Waals surface area (Å²) in [5.74, 6) is 1.13. The molecule has 1 saturated heterocycles. The van der Waals surface area contributed by atoms with E-state index in [0.29, 0.717) is 24.7 Å². The minimum absolute atomic E-state index is 0.0216. The van der Waals surface area contributed by atoms with E-state index in [0.717, 1.165) is 11.3 Å². The van der Waals surface area contributed by atoms with Gasteiger partial charge in [0.2, 0.25) is 11.8 Å². The van der Waals surface area contributed by atoms with E-state index in [1.54, 1.807) is 23.8 Å². The van der Waals surface area contributed by atoms with Crippen molar-refractivity contribution < 1.29 is 14.3 Å². The third-order valence-corrected chi connectivity index (χ3v) is 4.33. The third-order valence-electron chi connectivity index (χ3n) is 3.31. The second-order valence-corrected chi connectivity index (χ2v) is 5.86. The molecule has 1 N–H and O–H groups in total. The maximum Gasteiger partial charge on any atom is 0.248 e. The van der Waals surface area contributed by atoms with Gasteiger partial charge in [-0.2, -0.15) is 0 Å². The molecule has 1 aliphatic rings. The normalized spacial score (nSPS) is 17.8. The third kappa shape index (κ3) is 3.98. The number of ether oxygens (including phenoxy) is 1. The quantitative estimate of drug-likeness (QED) is 0.905. The number of hydrogen-bond acceptors (Lipinski definition) is 4. The highest BCUT2D eigenvalue weighted by molar-refractivity contribution is 7.99. The first kappa shape index (κ1) is 15.9. The molecule has 0 aliphatic carbocycles. The number of nitrogens with one attached hydrogen (secondary N) is 1. The molecule has 1 aliphatic heterocycles. The lowest BCUT2D eigenvalue weighted by Crippen LogP contribution is -2.44. The molecule has 1 aromatic rings. The molecule has 114 valence electrons. The lowest BCUT2D eigenvalue weighted by molar-refractivity contribution is -0.135. The summed E-state index contributed by atoms with van der Waals surface area (Å²) in [6, 6.07) is 7.16. The fourth-order valence-corrected chi connectivity index (χ4v) is 3.42. The first-order valence-electron chi connectivity index (χ1n) is 6.91. The van der Waals surface area contributed by atoms with Crippen LogP contribution in [0.3, 0.4) is 0 Å². The summed E-state index contributed by atoms with van der Waals surface area (Å²) >= 11 is 1.61. The van der Waals surface area contributed by atoms with Gasteiger partial charge in [-0.1, -0.05) is 19.1 Å². The van der Waals surface area contributed by atoms with Crippen molar-refractivity contribution in [2.24, 2.45) is 0 Å². The lowest BCUT2D eigenvalue weighted by atomic mass is 10.2. The standard InChI is InChI=1S/C15H20N2O3S/c1-3-14(18)17-10-21-9-13(17)15(19)16-12-6-4-5-11(7-12)8-20-2/h4-7,13H,3,8-10H2,1-2H3,(H,16,19)/t13-/m1/s1. The van der Waals surface area contributed by atoms with Crippen molar-refractivity contribution >= 4 is 29.3 Å². The minimum atomic E-state index is -0.381. The fourth-order valence-electron chi connectivity index (χ4n) is 2.24. The van der Waals surface area contributed by atoms with Crippen LogP contribution < -0.4 is 5.32 Å². The Morgan fingerprint density at radius 1 is 1.48 bits per heavy atom. The highest BCUT2D eigenvalue weighted by atomic mass is 32.2. The number of hydrogen-bond donors (Lipinski definition) is 1. The average Bonchev–Trinajstić information content (AvgIpc) is 2.96. The highest BCUT2D eigenvalue weighted by Crippen LogP contribution is 2.23. The van der Waals surface area contributed by atoms with E-state index in [2.05, 4.69) is 5.32 Å². The summed E-state index contributed by atoms with van der Waals surface area (Å²) in [5.41, 5.74) is 1.73. The van der Waals surface area contributed by atoms with Crippen LogP contribution in [-0.2, 0) is 20.9 Å². The number of carbonyl (C=O) groups excluding carboxylic acids is 2. The predicted molar refractivity (Wildman–Crippen MR) is 84.0 cm³/mol. The Morgan fingerprint density at radius 2 is 2.29 bits per heavy atom. The Morgan fingerprint density at radius 3 is 3.00 bits per heavy atom. The van der Waals surface area contributed by atoms with Crippen LogP contribution in [0.5, 0.6) is 0 Å². The fraction of sp³-hybridized carbons (Fsp3) is 0.467. The van der Waals surface area contributed by atoms with Gasteiger partial charge >= 0.3 is 0 Å². The van der Waals surface area contributed by atoms with E-state index >= 15 is 0 Å². The molecule has 1 aromatic carbocycles. The number of amides is 2. The predicted octanol–water partition coefficient (Wildman–Crippen LogP) is 2.08. The van der Waals surface area contributed by atoms with Crippen molar-refractivity contribution in [1.82, 2.24) is 4.90 Å². The SMILES string of the molecule is CCC(=O)N1CSC[C@@H]1C(=O)Nc1cccc(COC)c1. The van der Waals surface area contributed by atoms with Gasteiger partial charge in [0.1, 0.15) is 6.04 Å². The van der Waals surface area contributed by atoms with Gasteiger partial charge < -0.3 is 15.0 Å². The van der Waals surface area contributed by atoms with Crippen molar-refractivity contribution in [3.8, 4) is 0 Å². The first-order chi connectivity index (χ1) is 10.2. The van der Waals surface area contributed by atoms with Crippen LogP contribution in [-0.4, -0.2) is 41.5 Å². The zero-order valence-corrected chi connectivity index (χ0v) is 13.1. The monoisotopic (exact) mass is 308 g/mol. The number of nitrogens with zero attached hydrogens (tertiary/aromatic N) is 1. The van der Waals surface area contributed by atoms with Gasteiger partial charge in [-0.3, -0.25) is 9.59 Å². The number of carbonyl (C=O) groups is 2. The molecule has 0 radical (unpaired) electrons. The summed E-state index contributed by atoms with van der Waals surface area (Å²) in [7, 11) is 1.63. The lowest BCUT2D eigenvalue weighted by Gasteiger charge is -2.22. The van der Waals surface area contributed by atoms with E-state index in [-0.39, 0.29) is 17.9 Å². The molecule has 0 unspecified atom stereocenters. The maximum absolute atomic E-state index is 12.4. The molecule has 0 saturated carbocycles. The van der Waals surface area contributed by atoms with Crippen LogP contribution >= 0.6 is 11.8 Å². The summed E-state index contributed by atoms with van der Waals surface area (Å²) < 4.78 is 5.08. The summed E-state index contributed by atoms with van der Waals surface area (Å²) in [6.45, 7) is 2.32. The number of benzene rings is 1. The van der Waals surface area contributed by atoms with Crippen LogP contribution in [0.4, 0.5) is 5.69 Å². The highest BCUT2D eigenvalue weighted by Gasteiger charge is 2.33. The number of methoxy groups -OCH3 is 1. The van der Waals surface area contributed by atoms with Crippen LogP contribution in [0, 0.1) is 0 Å². The molecule has 0 bridgehead atoms. The Hall–Kier alpha value is -1.53. The van der Waals surface area contributed by atoms with Crippen LogP contribution in [0.15, 0.2) is 24.3 Å². The second kappa shape index (κ2) is 7.47. The number of rotatable bonds is 5. The van der Waals surface area contributed by atoms with Gasteiger partial charge in [-0.15, -0.1) is 11.8 Å². The Kier molecular flexibility index (Phi) is 5.64. The number of thioether (sulfide) groups is 1. The molecular weight excluding hydrogens is 288 g/mol. The van der Waals surface area contributed by atoms with E-state index in [4.69, 9.17) is 4.74 Å². The van der Waals surface area contributed by atoms with Crippen LogP contribution in [0.2, 0.25) is 0 Å². The average molecular weight is 308 g/mol. The molecule has 1 atom stereocenters. The Balaban J connectivity index is 2.03. The molecule has 5 nitrogen and oxygen atoms in total. The van der Waals surface area contributed by atoms with E-state index in [1.165, 1.54) is 0 Å². The Labute approximate surface area is 129 Å². The van der Waals surface area contributed by atoms with Crippen molar-refractivity contribution in [1.29, 1.82) is 0 Å². The summed E-state index contributed by atoms with van der Waals surface area (Å²) in [5, 5.41) is 2.89. The summed E-state index contributed by atoms with van der Waals surface area (Å²) in [6.07, 6.45) is 0.424. The first-order valence-corrected chi connectivity index (χ1v) is 8.07. The topological polar surface area (TPSA) is 58.6 Å².